The summed E-state index contributed by atoms with van der Waals surface area (Å²) in [6.07, 6.45) is 46.0. The predicted molar refractivity (Wildman–Crippen MR) is 227 cm³/mol. The van der Waals surface area contributed by atoms with Crippen LogP contribution in [0.1, 0.15) is 206 Å². The van der Waals surface area contributed by atoms with Crippen LogP contribution in [-0.2, 0) is 23.9 Å². The third-order valence-corrected chi connectivity index (χ3v) is 9.90. The average molecular weight is 775 g/mol. The molecule has 0 rings (SSSR count). The second-order valence-electron chi connectivity index (χ2n) is 15.1. The number of carbonyl (C=O) groups excluding carboxylic acids is 3. The van der Waals surface area contributed by atoms with Crippen molar-refractivity contribution in [2.24, 2.45) is 0 Å². The first-order valence-electron chi connectivity index (χ1n) is 22.4. The number of carbonyl (C=O) groups is 4. The fourth-order valence-electron chi connectivity index (χ4n) is 6.49. The molecule has 0 spiro atoms. The molecule has 0 aromatic carbocycles. The molecule has 9 nitrogen and oxygen atoms in total. The quantitative estimate of drug-likeness (QED) is 0.0276. The van der Waals surface area contributed by atoms with Crippen molar-refractivity contribution in [3.8, 4) is 0 Å². The van der Waals surface area contributed by atoms with E-state index in [1.807, 2.05) is 0 Å². The number of aliphatic hydroxyl groups excluding tert-OH is 1. The van der Waals surface area contributed by atoms with Crippen LogP contribution in [0.5, 0.6) is 0 Å². The lowest BCUT2D eigenvalue weighted by Crippen LogP contribution is -2.47. The van der Waals surface area contributed by atoms with Gasteiger partial charge in [-0.25, -0.2) is 4.79 Å². The van der Waals surface area contributed by atoms with Crippen LogP contribution < -0.4 is 10.6 Å². The Balaban J connectivity index is 4.26. The molecule has 2 amide bonds. The lowest BCUT2D eigenvalue weighted by Gasteiger charge is -2.18. The van der Waals surface area contributed by atoms with Gasteiger partial charge in [-0.1, -0.05) is 159 Å². The van der Waals surface area contributed by atoms with Crippen LogP contribution in [0.3, 0.4) is 0 Å². The number of nitrogens with one attached hydrogen (secondary N) is 2. The second kappa shape index (κ2) is 40.7. The van der Waals surface area contributed by atoms with Gasteiger partial charge >= 0.3 is 11.9 Å². The summed E-state index contributed by atoms with van der Waals surface area (Å²) in [5.74, 6) is -2.30. The summed E-state index contributed by atoms with van der Waals surface area (Å²) in [7, 11) is 0. The molecule has 0 aliphatic rings. The van der Waals surface area contributed by atoms with E-state index in [2.05, 4.69) is 60.9 Å². The fraction of sp³-hybridized carbons (Fsp3) is 0.783. The van der Waals surface area contributed by atoms with Gasteiger partial charge in [-0.3, -0.25) is 14.4 Å². The highest BCUT2D eigenvalue weighted by Crippen LogP contribution is 2.19. The molecule has 0 bridgehead atoms. The molecule has 0 saturated heterocycles. The van der Waals surface area contributed by atoms with Crippen LogP contribution in [0.4, 0.5) is 0 Å². The Bertz CT molecular complexity index is 1030. The molecule has 0 aromatic rings. The number of amides is 2. The van der Waals surface area contributed by atoms with Crippen LogP contribution in [0, 0.1) is 0 Å². The minimum atomic E-state index is -1.38. The molecule has 0 fully saturated rings. The Morgan fingerprint density at radius 3 is 1.56 bits per heavy atom. The molecule has 0 aliphatic carbocycles. The summed E-state index contributed by atoms with van der Waals surface area (Å²) in [5.41, 5.74) is 0. The third kappa shape index (κ3) is 37.7. The summed E-state index contributed by atoms with van der Waals surface area (Å²) in [6, 6.07) is -1.38. The Morgan fingerprint density at radius 1 is 0.564 bits per heavy atom. The normalized spacial score (nSPS) is 12.8. The number of ether oxygens (including phenoxy) is 1. The molecule has 55 heavy (non-hydrogen) atoms. The number of carboxylic acid groups (broad SMARTS) is 1. The molecule has 9 heteroatoms. The molecule has 0 saturated carbocycles. The van der Waals surface area contributed by atoms with E-state index in [0.717, 1.165) is 83.5 Å². The van der Waals surface area contributed by atoms with Gasteiger partial charge in [0.15, 0.2) is 0 Å². The Morgan fingerprint density at radius 2 is 1.04 bits per heavy atom. The van der Waals surface area contributed by atoms with E-state index >= 15 is 0 Å². The highest BCUT2D eigenvalue weighted by atomic mass is 16.5. The van der Waals surface area contributed by atoms with Crippen LogP contribution in [0.15, 0.2) is 36.5 Å². The third-order valence-electron chi connectivity index (χ3n) is 9.90. The monoisotopic (exact) mass is 775 g/mol. The molecule has 0 aromatic heterocycles. The van der Waals surface area contributed by atoms with E-state index < -0.39 is 24.5 Å². The number of esters is 1. The number of aliphatic carboxylic acids is 1. The number of hydrogen-bond donors (Lipinski definition) is 4. The molecule has 4 N–H and O–H groups in total. The van der Waals surface area contributed by atoms with Gasteiger partial charge in [0, 0.05) is 12.8 Å². The number of unbranched alkanes of at least 4 members (excludes halogenated alkanes) is 20. The van der Waals surface area contributed by atoms with Crippen LogP contribution in [0.25, 0.3) is 0 Å². The van der Waals surface area contributed by atoms with Crippen molar-refractivity contribution >= 4 is 23.8 Å². The van der Waals surface area contributed by atoms with Crippen molar-refractivity contribution in [3.63, 3.8) is 0 Å². The first-order valence-corrected chi connectivity index (χ1v) is 22.4. The number of aliphatic hydroxyl groups is 1. The highest BCUT2D eigenvalue weighted by molar-refractivity contribution is 5.87. The van der Waals surface area contributed by atoms with E-state index in [9.17, 15) is 19.2 Å². The Kier molecular flexibility index (Phi) is 38.5. The molecule has 0 heterocycles. The van der Waals surface area contributed by atoms with Gasteiger partial charge in [0.25, 0.3) is 0 Å². The van der Waals surface area contributed by atoms with Crippen molar-refractivity contribution in [3.05, 3.63) is 36.5 Å². The number of hydrogen-bond acceptors (Lipinski definition) is 6. The summed E-state index contributed by atoms with van der Waals surface area (Å²) < 4.78 is 6.03. The van der Waals surface area contributed by atoms with Crippen molar-refractivity contribution in [2.75, 3.05) is 13.2 Å². The van der Waals surface area contributed by atoms with Gasteiger partial charge < -0.3 is 25.6 Å². The van der Waals surface area contributed by atoms with Gasteiger partial charge in [-0.15, -0.1) is 0 Å². The lowest BCUT2D eigenvalue weighted by molar-refractivity contribution is -0.150. The zero-order valence-electron chi connectivity index (χ0n) is 35.2. The number of rotatable bonds is 40. The van der Waals surface area contributed by atoms with Crippen molar-refractivity contribution in [2.45, 2.75) is 219 Å². The number of allylic oxidation sites excluding steroid dienone is 6. The molecular formula is C46H82N2O7. The van der Waals surface area contributed by atoms with E-state index in [1.165, 1.54) is 89.9 Å². The highest BCUT2D eigenvalue weighted by Gasteiger charge is 2.19. The zero-order valence-corrected chi connectivity index (χ0v) is 35.2. The van der Waals surface area contributed by atoms with Gasteiger partial charge in [0.1, 0.15) is 12.1 Å². The van der Waals surface area contributed by atoms with Crippen LogP contribution >= 0.6 is 0 Å². The average Bonchev–Trinajstić information content (AvgIpc) is 3.17. The molecule has 2 atom stereocenters. The molecule has 2 unspecified atom stereocenters. The first kappa shape index (κ1) is 52.1. The zero-order chi connectivity index (χ0) is 40.5. The van der Waals surface area contributed by atoms with E-state index in [0.29, 0.717) is 19.3 Å². The van der Waals surface area contributed by atoms with Gasteiger partial charge in [-0.2, -0.15) is 0 Å². The maximum absolute atomic E-state index is 12.8. The maximum Gasteiger partial charge on any atom is 0.328 e. The maximum atomic E-state index is 12.8. The summed E-state index contributed by atoms with van der Waals surface area (Å²) in [4.78, 5) is 47.6. The standard InChI is InChI=1S/C46H82N2O7/c1-3-5-7-9-11-13-15-16-17-18-19-20-21-23-25-30-34-38-45(52)55-41(35-31-27-24-22-14-12-10-8-6-4-2)36-32-28-26-29-33-37-43(50)47-39-44(51)48-42(40-49)46(53)54/h5,7,11,13,16-17,41-42,49H,3-4,6,8-10,12,14-15,18-40H2,1-2H3,(H,47,50)(H,48,51)(H,53,54)/b7-5-,13-11-,17-16-. The Labute approximate surface area is 336 Å². The summed E-state index contributed by atoms with van der Waals surface area (Å²) >= 11 is 0. The molecule has 318 valence electrons. The molecular weight excluding hydrogens is 693 g/mol. The summed E-state index contributed by atoms with van der Waals surface area (Å²) in [5, 5.41) is 22.6. The van der Waals surface area contributed by atoms with Crippen molar-refractivity contribution < 1.29 is 34.1 Å². The van der Waals surface area contributed by atoms with Crippen molar-refractivity contribution in [1.29, 1.82) is 0 Å². The van der Waals surface area contributed by atoms with Gasteiger partial charge in [0.2, 0.25) is 11.8 Å². The molecule has 0 radical (unpaired) electrons. The topological polar surface area (TPSA) is 142 Å². The van der Waals surface area contributed by atoms with E-state index in [4.69, 9.17) is 14.9 Å². The minimum Gasteiger partial charge on any atom is -0.480 e. The van der Waals surface area contributed by atoms with Crippen molar-refractivity contribution in [1.82, 2.24) is 10.6 Å². The lowest BCUT2D eigenvalue weighted by atomic mass is 10.0. The first-order chi connectivity index (χ1) is 26.8. The fourth-order valence-corrected chi connectivity index (χ4v) is 6.49. The molecule has 0 aliphatic heterocycles. The van der Waals surface area contributed by atoms with Gasteiger partial charge in [0.05, 0.1) is 13.2 Å². The SMILES string of the molecule is CC/C=C\C/C=C\C/C=C\CCCCCCCCCC(=O)OC(CCCCCCCCCCCC)CCCCCCCC(=O)NCC(=O)NC(CO)C(=O)O. The van der Waals surface area contributed by atoms with E-state index in [-0.39, 0.29) is 24.5 Å². The smallest absolute Gasteiger partial charge is 0.328 e. The van der Waals surface area contributed by atoms with Gasteiger partial charge in [-0.05, 0) is 70.6 Å². The predicted octanol–water partition coefficient (Wildman–Crippen LogP) is 11.0. The Hall–Kier alpha value is -2.94. The van der Waals surface area contributed by atoms with E-state index in [1.54, 1.807) is 0 Å². The minimum absolute atomic E-state index is 0.0157. The van der Waals surface area contributed by atoms with Crippen LogP contribution in [-0.4, -0.2) is 59.3 Å². The largest absolute Gasteiger partial charge is 0.480 e. The summed E-state index contributed by atoms with van der Waals surface area (Å²) in [6.45, 7) is 3.37. The number of carboxylic acids is 1. The van der Waals surface area contributed by atoms with Crippen LogP contribution in [0.2, 0.25) is 0 Å². The second-order valence-corrected chi connectivity index (χ2v) is 15.1.